The average molecular weight is 345 g/mol. The van der Waals surface area contributed by atoms with E-state index in [-0.39, 0.29) is 5.91 Å². The Morgan fingerprint density at radius 2 is 2.21 bits per heavy atom. The molecule has 2 aromatic rings. The summed E-state index contributed by atoms with van der Waals surface area (Å²) in [5, 5.41) is 3.50. The molecule has 1 aliphatic rings. The molecule has 1 aliphatic heterocycles. The molecule has 2 heterocycles. The van der Waals surface area contributed by atoms with Crippen LogP contribution in [0.25, 0.3) is 0 Å². The molecule has 0 bridgehead atoms. The van der Waals surface area contributed by atoms with E-state index in [1.807, 2.05) is 24.3 Å². The first-order chi connectivity index (χ1) is 11.6. The van der Waals surface area contributed by atoms with Gasteiger partial charge in [-0.1, -0.05) is 29.8 Å². The van der Waals surface area contributed by atoms with E-state index in [9.17, 15) is 4.79 Å². The fourth-order valence-electron chi connectivity index (χ4n) is 3.00. The van der Waals surface area contributed by atoms with Crippen molar-refractivity contribution in [3.63, 3.8) is 0 Å². The van der Waals surface area contributed by atoms with E-state index in [1.54, 1.807) is 6.20 Å². The normalized spacial score (nSPS) is 18.3. The van der Waals surface area contributed by atoms with Gasteiger partial charge in [-0.3, -0.25) is 9.78 Å². The zero-order valence-electron chi connectivity index (χ0n) is 13.7. The largest absolute Gasteiger partial charge is 0.347 e. The SMILES string of the molecule is CN1CCC[C@H](c2cncc(C(=O)NCc3ccccc3Cl)n2)C1. The molecule has 0 saturated carbocycles. The summed E-state index contributed by atoms with van der Waals surface area (Å²) in [5.74, 6) is 0.112. The number of piperidine rings is 1. The third-order valence-corrected chi connectivity index (χ3v) is 4.69. The minimum absolute atomic E-state index is 0.228. The molecule has 1 saturated heterocycles. The molecule has 1 aromatic heterocycles. The van der Waals surface area contributed by atoms with Crippen molar-refractivity contribution in [2.75, 3.05) is 20.1 Å². The van der Waals surface area contributed by atoms with E-state index in [4.69, 9.17) is 11.6 Å². The number of likely N-dealkylation sites (N-methyl/N-ethyl adjacent to an activating group) is 1. The van der Waals surface area contributed by atoms with Crippen LogP contribution in [0.3, 0.4) is 0 Å². The maximum absolute atomic E-state index is 12.4. The molecule has 0 radical (unpaired) electrons. The van der Waals surface area contributed by atoms with Crippen LogP contribution in [-0.2, 0) is 6.54 Å². The Bertz CT molecular complexity index is 722. The molecule has 1 N–H and O–H groups in total. The molecule has 126 valence electrons. The Kier molecular flexibility index (Phi) is 5.43. The summed E-state index contributed by atoms with van der Waals surface area (Å²) in [7, 11) is 2.11. The van der Waals surface area contributed by atoms with Gasteiger partial charge in [0, 0.05) is 30.2 Å². The van der Waals surface area contributed by atoms with Gasteiger partial charge >= 0.3 is 0 Å². The van der Waals surface area contributed by atoms with E-state index < -0.39 is 0 Å². The highest BCUT2D eigenvalue weighted by molar-refractivity contribution is 6.31. The van der Waals surface area contributed by atoms with E-state index in [0.29, 0.717) is 23.2 Å². The molecular weight excluding hydrogens is 324 g/mol. The van der Waals surface area contributed by atoms with Crippen molar-refractivity contribution in [1.82, 2.24) is 20.2 Å². The summed E-state index contributed by atoms with van der Waals surface area (Å²) < 4.78 is 0. The smallest absolute Gasteiger partial charge is 0.271 e. The summed E-state index contributed by atoms with van der Waals surface area (Å²) in [6.45, 7) is 2.44. The Morgan fingerprint density at radius 1 is 1.38 bits per heavy atom. The van der Waals surface area contributed by atoms with Gasteiger partial charge < -0.3 is 10.2 Å². The number of hydrogen-bond donors (Lipinski definition) is 1. The number of rotatable bonds is 4. The maximum Gasteiger partial charge on any atom is 0.271 e. The fraction of sp³-hybridized carbons (Fsp3) is 0.389. The third kappa shape index (κ3) is 4.10. The summed E-state index contributed by atoms with van der Waals surface area (Å²) in [4.78, 5) is 23.4. The minimum Gasteiger partial charge on any atom is -0.347 e. The Balaban J connectivity index is 1.67. The Morgan fingerprint density at radius 3 is 3.00 bits per heavy atom. The van der Waals surface area contributed by atoms with Gasteiger partial charge in [-0.25, -0.2) is 4.98 Å². The van der Waals surface area contributed by atoms with Gasteiger partial charge in [0.2, 0.25) is 0 Å². The van der Waals surface area contributed by atoms with Crippen LogP contribution in [0.4, 0.5) is 0 Å². The molecular formula is C18H21ClN4O. The van der Waals surface area contributed by atoms with Crippen molar-refractivity contribution in [2.24, 2.45) is 0 Å². The monoisotopic (exact) mass is 344 g/mol. The highest BCUT2D eigenvalue weighted by atomic mass is 35.5. The zero-order valence-corrected chi connectivity index (χ0v) is 14.5. The van der Waals surface area contributed by atoms with E-state index in [1.165, 1.54) is 6.20 Å². The lowest BCUT2D eigenvalue weighted by molar-refractivity contribution is 0.0945. The first-order valence-electron chi connectivity index (χ1n) is 8.15. The van der Waals surface area contributed by atoms with Crippen molar-refractivity contribution < 1.29 is 4.79 Å². The third-order valence-electron chi connectivity index (χ3n) is 4.33. The van der Waals surface area contributed by atoms with E-state index in [2.05, 4.69) is 27.2 Å². The zero-order chi connectivity index (χ0) is 16.9. The molecule has 0 aliphatic carbocycles. The predicted octanol–water partition coefficient (Wildman–Crippen LogP) is 2.87. The lowest BCUT2D eigenvalue weighted by Crippen LogP contribution is -2.32. The van der Waals surface area contributed by atoms with Gasteiger partial charge in [-0.05, 0) is 38.1 Å². The first kappa shape index (κ1) is 16.9. The number of hydrogen-bond acceptors (Lipinski definition) is 4. The number of benzene rings is 1. The lowest BCUT2D eigenvalue weighted by Gasteiger charge is -2.29. The average Bonchev–Trinajstić information content (AvgIpc) is 2.61. The van der Waals surface area contributed by atoms with E-state index in [0.717, 1.165) is 37.2 Å². The Hall–Kier alpha value is -1.98. The number of amides is 1. The highest BCUT2D eigenvalue weighted by Crippen LogP contribution is 2.24. The summed E-state index contributed by atoms with van der Waals surface area (Å²) in [6.07, 6.45) is 5.52. The molecule has 0 spiro atoms. The molecule has 1 atom stereocenters. The Labute approximate surface area is 147 Å². The second-order valence-corrected chi connectivity index (χ2v) is 6.61. The van der Waals surface area contributed by atoms with Gasteiger partial charge in [0.15, 0.2) is 0 Å². The molecule has 0 unspecified atom stereocenters. The number of nitrogens with zero attached hydrogens (tertiary/aromatic N) is 3. The minimum atomic E-state index is -0.228. The van der Waals surface area contributed by atoms with Crippen LogP contribution >= 0.6 is 11.6 Å². The number of carbonyl (C=O) groups is 1. The molecule has 1 fully saturated rings. The van der Waals surface area contributed by atoms with Gasteiger partial charge in [-0.2, -0.15) is 0 Å². The lowest BCUT2D eigenvalue weighted by atomic mass is 9.95. The second kappa shape index (κ2) is 7.73. The standard InChI is InChI=1S/C18H21ClN4O/c1-23-8-4-6-14(12-23)16-10-20-11-17(22-16)18(24)21-9-13-5-2-3-7-15(13)19/h2-3,5,7,10-11,14H,4,6,8-9,12H2,1H3,(H,21,24)/t14-/m0/s1. The molecule has 1 amide bonds. The molecule has 5 nitrogen and oxygen atoms in total. The summed E-state index contributed by atoms with van der Waals surface area (Å²) in [5.41, 5.74) is 2.13. The van der Waals surface area contributed by atoms with Crippen LogP contribution in [0.1, 0.15) is 40.5 Å². The quantitative estimate of drug-likeness (QED) is 0.926. The number of aromatic nitrogens is 2. The van der Waals surface area contributed by atoms with Gasteiger partial charge in [-0.15, -0.1) is 0 Å². The van der Waals surface area contributed by atoms with Crippen LogP contribution in [0.5, 0.6) is 0 Å². The first-order valence-corrected chi connectivity index (χ1v) is 8.53. The number of carbonyl (C=O) groups excluding carboxylic acids is 1. The van der Waals surface area contributed by atoms with E-state index >= 15 is 0 Å². The fourth-order valence-corrected chi connectivity index (χ4v) is 3.21. The number of likely N-dealkylation sites (tertiary alicyclic amines) is 1. The molecule has 1 aromatic carbocycles. The van der Waals surface area contributed by atoms with Crippen LogP contribution in [0.2, 0.25) is 5.02 Å². The summed E-state index contributed by atoms with van der Waals surface area (Å²) in [6, 6.07) is 7.46. The second-order valence-electron chi connectivity index (χ2n) is 6.20. The van der Waals surface area contributed by atoms with Crippen molar-refractivity contribution in [2.45, 2.75) is 25.3 Å². The van der Waals surface area contributed by atoms with Gasteiger partial charge in [0.05, 0.1) is 11.9 Å². The van der Waals surface area contributed by atoms with Crippen LogP contribution in [0.15, 0.2) is 36.7 Å². The number of nitrogens with one attached hydrogen (secondary N) is 1. The highest BCUT2D eigenvalue weighted by Gasteiger charge is 2.21. The molecule has 3 rings (SSSR count). The van der Waals surface area contributed by atoms with Crippen molar-refractivity contribution >= 4 is 17.5 Å². The number of halogens is 1. The van der Waals surface area contributed by atoms with Crippen molar-refractivity contribution in [3.05, 3.63) is 58.6 Å². The molecule has 24 heavy (non-hydrogen) atoms. The van der Waals surface area contributed by atoms with Gasteiger partial charge in [0.1, 0.15) is 5.69 Å². The van der Waals surface area contributed by atoms with Crippen molar-refractivity contribution in [1.29, 1.82) is 0 Å². The maximum atomic E-state index is 12.4. The topological polar surface area (TPSA) is 58.1 Å². The molecule has 6 heteroatoms. The predicted molar refractivity (Wildman–Crippen MR) is 94.1 cm³/mol. The summed E-state index contributed by atoms with van der Waals surface area (Å²) >= 11 is 6.11. The van der Waals surface area contributed by atoms with Crippen LogP contribution in [-0.4, -0.2) is 40.9 Å². The van der Waals surface area contributed by atoms with Crippen LogP contribution in [0, 0.1) is 0 Å². The van der Waals surface area contributed by atoms with Gasteiger partial charge in [0.25, 0.3) is 5.91 Å². The van der Waals surface area contributed by atoms with Crippen molar-refractivity contribution in [3.8, 4) is 0 Å². The van der Waals surface area contributed by atoms with Crippen LogP contribution < -0.4 is 5.32 Å².